The molecule has 0 spiro atoms. The molecule has 3 aromatic heterocycles. The van der Waals surface area contributed by atoms with Gasteiger partial charge in [0.2, 0.25) is 0 Å². The standard InChI is InChI=1S/C25H18NS.C14H16GeN.Ir/c1-16-11-12-19(13-21(16)18-8-4-3-5-9-18)23-14-24-22(15-26-23)20-10-6-7-17(2)25(20)27-24;1-15(2,3)13-9-10-14(16-11-13)12-7-5-4-6-8-12;/h3-11,13-15H,1-2H3;4-7,9-11H,1-3H3;/q2*-1;/i2D3;;. The molecule has 0 amide bonds. The maximum atomic E-state index is 7.85. The van der Waals surface area contributed by atoms with E-state index < -0.39 is 20.1 Å². The van der Waals surface area contributed by atoms with Gasteiger partial charge in [-0.1, -0.05) is 67.1 Å². The fourth-order valence-electron chi connectivity index (χ4n) is 5.03. The Bertz CT molecular complexity index is 2120. The fraction of sp³-hybridized carbons (Fsp3) is 0.128. The Labute approximate surface area is 285 Å². The largest absolute Gasteiger partial charge is 0 e. The Kier molecular flexibility index (Phi) is 8.75. The second-order valence-electron chi connectivity index (χ2n) is 11.6. The first-order valence-corrected chi connectivity index (χ1v) is 22.5. The molecule has 0 atom stereocenters. The van der Waals surface area contributed by atoms with Crippen molar-refractivity contribution in [1.82, 2.24) is 9.97 Å². The maximum Gasteiger partial charge on any atom is 0 e. The summed E-state index contributed by atoms with van der Waals surface area (Å²) in [7, 11) is 0. The van der Waals surface area contributed by atoms with Crippen molar-refractivity contribution in [3.63, 3.8) is 0 Å². The van der Waals surface area contributed by atoms with Gasteiger partial charge >= 0.3 is 99.8 Å². The van der Waals surface area contributed by atoms with Gasteiger partial charge in [-0.2, -0.15) is 0 Å². The SMILES string of the molecule is [2H]C([2H])([2H])c1cccc2c1sc1cc(-c3[c-]cc(C)c(-c4ccccc4)c3)ncc12.[CH3][Ge]([CH3])([CH3])[c]1ccc(-c2[c-]cccc2)nc1.[Ir]. The van der Waals surface area contributed by atoms with E-state index in [4.69, 9.17) is 9.10 Å². The van der Waals surface area contributed by atoms with Gasteiger partial charge in [-0.25, -0.2) is 0 Å². The van der Waals surface area contributed by atoms with E-state index >= 15 is 0 Å². The van der Waals surface area contributed by atoms with Crippen LogP contribution in [0.2, 0.25) is 17.3 Å². The summed E-state index contributed by atoms with van der Waals surface area (Å²) in [6.45, 7) is -0.0481. The van der Waals surface area contributed by atoms with Crippen molar-refractivity contribution >= 4 is 49.2 Å². The number of thiophene rings is 1. The summed E-state index contributed by atoms with van der Waals surface area (Å²) in [6, 6.07) is 40.8. The average molecular weight is 831 g/mol. The minimum atomic E-state index is -2.13. The summed E-state index contributed by atoms with van der Waals surface area (Å²) in [5, 5.41) is 1.93. The van der Waals surface area contributed by atoms with E-state index in [-0.39, 0.29) is 20.1 Å². The van der Waals surface area contributed by atoms with Crippen LogP contribution in [0.25, 0.3) is 53.8 Å². The van der Waals surface area contributed by atoms with Crippen molar-refractivity contribution in [2.75, 3.05) is 0 Å². The second-order valence-corrected chi connectivity index (χ2v) is 23.3. The second kappa shape index (κ2) is 13.7. The Hall–Kier alpha value is -3.41. The molecular formula is C39H34GeIrN2S-2. The number of aryl methyl sites for hydroxylation is 2. The Morgan fingerprint density at radius 3 is 2.23 bits per heavy atom. The van der Waals surface area contributed by atoms with E-state index in [2.05, 4.69) is 71.6 Å². The molecule has 44 heavy (non-hydrogen) atoms. The van der Waals surface area contributed by atoms with Crippen LogP contribution in [0.3, 0.4) is 0 Å². The Balaban J connectivity index is 0.000000217. The molecule has 0 saturated carbocycles. The normalized spacial score (nSPS) is 12.4. The van der Waals surface area contributed by atoms with Crippen molar-refractivity contribution in [1.29, 1.82) is 0 Å². The summed E-state index contributed by atoms with van der Waals surface area (Å²) >= 11 is -0.202. The molecule has 0 bridgehead atoms. The van der Waals surface area contributed by atoms with Crippen LogP contribution < -0.4 is 4.40 Å². The third kappa shape index (κ3) is 6.95. The van der Waals surface area contributed by atoms with Crippen LogP contribution in [0.1, 0.15) is 15.2 Å². The molecular weight excluding hydrogens is 793 g/mol. The number of pyridine rings is 2. The predicted octanol–water partition coefficient (Wildman–Crippen LogP) is 10.3. The molecule has 0 aliphatic heterocycles. The summed E-state index contributed by atoms with van der Waals surface area (Å²) in [6.07, 6.45) is 3.89. The monoisotopic (exact) mass is 832 g/mol. The van der Waals surface area contributed by atoms with Gasteiger partial charge < -0.3 is 4.98 Å². The van der Waals surface area contributed by atoms with E-state index in [9.17, 15) is 0 Å². The minimum Gasteiger partial charge on any atom is 0 e. The molecule has 3 heterocycles. The quantitative estimate of drug-likeness (QED) is 0.130. The van der Waals surface area contributed by atoms with E-state index in [1.165, 1.54) is 15.7 Å². The molecule has 0 saturated heterocycles. The number of aromatic nitrogens is 2. The summed E-state index contributed by atoms with van der Waals surface area (Å²) in [4.78, 5) is 9.22. The van der Waals surface area contributed by atoms with Gasteiger partial charge in [0, 0.05) is 50.6 Å². The third-order valence-corrected chi connectivity index (χ3v) is 13.0. The zero-order chi connectivity index (χ0) is 32.5. The molecule has 0 aliphatic rings. The molecule has 0 aliphatic carbocycles. The van der Waals surface area contributed by atoms with E-state index in [1.807, 2.05) is 79.1 Å². The molecule has 0 unspecified atom stereocenters. The van der Waals surface area contributed by atoms with Crippen LogP contribution in [-0.4, -0.2) is 23.2 Å². The van der Waals surface area contributed by atoms with Crippen LogP contribution >= 0.6 is 11.3 Å². The van der Waals surface area contributed by atoms with Gasteiger partial charge in [0.05, 0.1) is 0 Å². The third-order valence-electron chi connectivity index (χ3n) is 7.52. The molecule has 0 N–H and O–H groups in total. The van der Waals surface area contributed by atoms with Gasteiger partial charge in [-0.3, -0.25) is 0 Å². The van der Waals surface area contributed by atoms with Crippen molar-refractivity contribution in [3.8, 4) is 33.6 Å². The molecule has 1 radical (unpaired) electrons. The summed E-state index contributed by atoms with van der Waals surface area (Å²) in [5.74, 6) is 7.14. The number of nitrogens with zero attached hydrogens (tertiary/aromatic N) is 2. The van der Waals surface area contributed by atoms with E-state index in [0.717, 1.165) is 59.4 Å². The van der Waals surface area contributed by atoms with Crippen molar-refractivity contribution in [2.45, 2.75) is 31.0 Å². The summed E-state index contributed by atoms with van der Waals surface area (Å²) in [5.41, 5.74) is 7.72. The van der Waals surface area contributed by atoms with Gasteiger partial charge in [0.1, 0.15) is 0 Å². The smallest absolute Gasteiger partial charge is 0 e. The molecule has 7 rings (SSSR count). The van der Waals surface area contributed by atoms with Gasteiger partial charge in [0.25, 0.3) is 0 Å². The first-order valence-electron chi connectivity index (χ1n) is 15.8. The Morgan fingerprint density at radius 2 is 1.52 bits per heavy atom. The average Bonchev–Trinajstić information content (AvgIpc) is 3.43. The van der Waals surface area contributed by atoms with Crippen molar-refractivity contribution < 1.29 is 24.2 Å². The first kappa shape index (κ1) is 28.1. The Morgan fingerprint density at radius 1 is 0.727 bits per heavy atom. The number of fused-ring (bicyclic) bond motifs is 3. The van der Waals surface area contributed by atoms with Gasteiger partial charge in [-0.15, -0.1) is 40.7 Å². The fourth-order valence-corrected chi connectivity index (χ4v) is 8.33. The minimum absolute atomic E-state index is 0. The first-order chi connectivity index (χ1) is 22.0. The van der Waals surface area contributed by atoms with Gasteiger partial charge in [0.15, 0.2) is 0 Å². The topological polar surface area (TPSA) is 25.8 Å². The van der Waals surface area contributed by atoms with Crippen LogP contribution in [0.5, 0.6) is 0 Å². The number of hydrogen-bond donors (Lipinski definition) is 0. The van der Waals surface area contributed by atoms with Crippen LogP contribution in [0.15, 0.2) is 116 Å². The summed E-state index contributed by atoms with van der Waals surface area (Å²) < 4.78 is 26.8. The molecule has 221 valence electrons. The zero-order valence-corrected chi connectivity index (χ0v) is 30.4. The van der Waals surface area contributed by atoms with Gasteiger partial charge in [-0.05, 0) is 23.7 Å². The van der Waals surface area contributed by atoms with Crippen LogP contribution in [0, 0.1) is 25.9 Å². The molecule has 2 nitrogen and oxygen atoms in total. The van der Waals surface area contributed by atoms with E-state index in [0.29, 0.717) is 5.56 Å². The molecule has 5 heteroatoms. The molecule has 0 fully saturated rings. The maximum absolute atomic E-state index is 7.85. The number of benzene rings is 4. The zero-order valence-electron chi connectivity index (χ0n) is 28.1. The number of rotatable bonds is 4. The molecule has 7 aromatic rings. The van der Waals surface area contributed by atoms with E-state index in [1.54, 1.807) is 6.07 Å². The predicted molar refractivity (Wildman–Crippen MR) is 188 cm³/mol. The van der Waals surface area contributed by atoms with Crippen molar-refractivity contribution in [2.24, 2.45) is 0 Å². The van der Waals surface area contributed by atoms with Crippen LogP contribution in [-0.2, 0) is 20.1 Å². The van der Waals surface area contributed by atoms with Crippen LogP contribution in [0.4, 0.5) is 0 Å². The number of hydrogen-bond acceptors (Lipinski definition) is 3. The molecule has 4 aromatic carbocycles. The van der Waals surface area contributed by atoms with Crippen molar-refractivity contribution in [3.05, 3.63) is 139 Å².